The zero-order valence-electron chi connectivity index (χ0n) is 39.4. The Morgan fingerprint density at radius 2 is 0.692 bits per heavy atom. The van der Waals surface area contributed by atoms with E-state index < -0.39 is 0 Å². The number of aryl methyl sites for hydroxylation is 6. The van der Waals surface area contributed by atoms with Gasteiger partial charge in [-0.1, -0.05) is 254 Å². The molecule has 0 saturated carbocycles. The summed E-state index contributed by atoms with van der Waals surface area (Å²) in [6.45, 7) is 16.8. The average molecular weight is 843 g/mol. The molecule has 0 bridgehead atoms. The van der Waals surface area contributed by atoms with Gasteiger partial charge in [-0.25, -0.2) is 0 Å². The van der Waals surface area contributed by atoms with Gasteiger partial charge in [-0.15, -0.1) is 0 Å². The van der Waals surface area contributed by atoms with Crippen LogP contribution in [-0.4, -0.2) is 0 Å². The van der Waals surface area contributed by atoms with Crippen LogP contribution in [0.25, 0.3) is 45.0 Å². The smallest absolute Gasteiger partial charge is 0.0683 e. The zero-order chi connectivity index (χ0) is 45.8. The first-order chi connectivity index (χ1) is 31.7. The minimum atomic E-state index is -0.303. The minimum absolute atomic E-state index is 0.303. The molecule has 1 atom stereocenters. The molecule has 2 aliphatic rings. The number of allylic oxidation sites excluding steroid dienone is 1. The number of benzene rings is 9. The Kier molecular flexibility index (Phi) is 15.1. The zero-order valence-corrected chi connectivity index (χ0v) is 39.4. The third-order valence-corrected chi connectivity index (χ3v) is 12.3. The summed E-state index contributed by atoms with van der Waals surface area (Å²) in [6, 6.07) is 80.4. The molecular formula is C65H62. The summed E-state index contributed by atoms with van der Waals surface area (Å²) in [5.41, 5.74) is 23.6. The number of fused-ring (bicyclic) bond motifs is 7. The molecule has 0 fully saturated rings. The van der Waals surface area contributed by atoms with Crippen LogP contribution in [0.5, 0.6) is 0 Å². The van der Waals surface area contributed by atoms with E-state index in [4.69, 9.17) is 0 Å². The van der Waals surface area contributed by atoms with Gasteiger partial charge in [-0.05, 0) is 132 Å². The molecule has 0 heterocycles. The van der Waals surface area contributed by atoms with Crippen molar-refractivity contribution in [2.75, 3.05) is 0 Å². The van der Waals surface area contributed by atoms with Crippen LogP contribution in [0.15, 0.2) is 224 Å². The Morgan fingerprint density at radius 3 is 1.22 bits per heavy atom. The molecule has 9 aromatic rings. The molecule has 1 spiro atoms. The van der Waals surface area contributed by atoms with E-state index in [2.05, 4.69) is 236 Å². The van der Waals surface area contributed by atoms with Crippen molar-refractivity contribution in [1.29, 1.82) is 0 Å². The van der Waals surface area contributed by atoms with Gasteiger partial charge in [-0.3, -0.25) is 0 Å². The van der Waals surface area contributed by atoms with Crippen LogP contribution in [0, 0.1) is 41.5 Å². The molecule has 0 radical (unpaired) electrons. The monoisotopic (exact) mass is 842 g/mol. The van der Waals surface area contributed by atoms with Crippen molar-refractivity contribution in [3.63, 3.8) is 0 Å². The lowest BCUT2D eigenvalue weighted by Crippen LogP contribution is -2.26. The van der Waals surface area contributed by atoms with Gasteiger partial charge in [-0.2, -0.15) is 0 Å². The van der Waals surface area contributed by atoms with E-state index in [0.29, 0.717) is 0 Å². The first kappa shape index (κ1) is 45.7. The fourth-order valence-corrected chi connectivity index (χ4v) is 9.08. The summed E-state index contributed by atoms with van der Waals surface area (Å²) in [6.07, 6.45) is 2.43. The Balaban J connectivity index is 0.000000170. The minimum Gasteiger partial charge on any atom is -0.0683 e. The highest BCUT2D eigenvalue weighted by molar-refractivity contribution is 6.05. The number of hydrogen-bond donors (Lipinski definition) is 0. The molecular weight excluding hydrogens is 781 g/mol. The summed E-state index contributed by atoms with van der Waals surface area (Å²) in [7, 11) is 0. The molecule has 0 heteroatoms. The second-order valence-electron chi connectivity index (χ2n) is 16.9. The Hall–Kier alpha value is -7.28. The van der Waals surface area contributed by atoms with Gasteiger partial charge < -0.3 is 0 Å². The SMILES string of the molecule is CC.Cc1ccc(-c2ccc3c(c2)-c2ccccc2C32C(c3ccccc3)=Cc3cc(C)ccc32)cc1.Cc1ccccc1.Cc1ccccc1.Cc1ccccc1-c1ccccc1C. The quantitative estimate of drug-likeness (QED) is 0.166. The molecule has 0 aliphatic heterocycles. The van der Waals surface area contributed by atoms with Crippen LogP contribution in [0.2, 0.25) is 0 Å². The van der Waals surface area contributed by atoms with Crippen molar-refractivity contribution in [2.45, 2.75) is 60.8 Å². The molecule has 9 aromatic carbocycles. The van der Waals surface area contributed by atoms with Gasteiger partial charge in [0, 0.05) is 0 Å². The molecule has 0 N–H and O–H groups in total. The van der Waals surface area contributed by atoms with Crippen LogP contribution in [0.4, 0.5) is 0 Å². The maximum atomic E-state index is 2.43. The van der Waals surface area contributed by atoms with Crippen molar-refractivity contribution in [1.82, 2.24) is 0 Å². The maximum absolute atomic E-state index is 2.43. The second kappa shape index (κ2) is 21.4. The summed E-state index contributed by atoms with van der Waals surface area (Å²) in [5.74, 6) is 0. The van der Waals surface area contributed by atoms with E-state index in [0.717, 1.165) is 0 Å². The third kappa shape index (κ3) is 10.1. The van der Waals surface area contributed by atoms with Crippen LogP contribution < -0.4 is 0 Å². The van der Waals surface area contributed by atoms with Gasteiger partial charge in [0.1, 0.15) is 0 Å². The Bertz CT molecular complexity index is 2890. The summed E-state index contributed by atoms with van der Waals surface area (Å²) in [5, 5.41) is 0. The van der Waals surface area contributed by atoms with E-state index in [1.54, 1.807) is 0 Å². The van der Waals surface area contributed by atoms with Gasteiger partial charge in [0.2, 0.25) is 0 Å². The van der Waals surface area contributed by atoms with Crippen molar-refractivity contribution in [3.8, 4) is 33.4 Å². The standard InChI is InChI=1S/C35H26.C14H14.2C7H8.C2H6/c1-23-12-15-25(16-13-23)27-17-19-33-30(21-27)29-10-6-7-11-32(29)35(33)31-18-14-24(2)20-28(31)22-34(35)26-8-4-3-5-9-26;1-11-7-3-5-9-13(11)14-10-6-4-8-12(14)2;2*1-7-5-3-2-4-6-7;1-2/h3-22H,1-2H3;3-10H,1-2H3;2*2-6H,1H3;1-2H3. The first-order valence-electron chi connectivity index (χ1n) is 23.1. The Morgan fingerprint density at radius 1 is 0.277 bits per heavy atom. The average Bonchev–Trinajstić information content (AvgIpc) is 3.83. The van der Waals surface area contributed by atoms with Crippen LogP contribution in [-0.2, 0) is 5.41 Å². The maximum Gasteiger partial charge on any atom is 0.0725 e. The molecule has 322 valence electrons. The van der Waals surface area contributed by atoms with Crippen LogP contribution in [0.1, 0.15) is 75.0 Å². The van der Waals surface area contributed by atoms with E-state index in [1.165, 1.54) is 100 Å². The number of rotatable bonds is 3. The fraction of sp³-hybridized carbons (Fsp3) is 0.138. The summed E-state index contributed by atoms with van der Waals surface area (Å²) in [4.78, 5) is 0. The third-order valence-electron chi connectivity index (χ3n) is 12.3. The summed E-state index contributed by atoms with van der Waals surface area (Å²) < 4.78 is 0. The van der Waals surface area contributed by atoms with Gasteiger partial charge in [0.15, 0.2) is 0 Å². The lowest BCUT2D eigenvalue weighted by molar-refractivity contribution is 0.841. The highest BCUT2D eigenvalue weighted by Crippen LogP contribution is 2.62. The molecule has 1 unspecified atom stereocenters. The molecule has 2 aliphatic carbocycles. The van der Waals surface area contributed by atoms with E-state index >= 15 is 0 Å². The summed E-state index contributed by atoms with van der Waals surface area (Å²) >= 11 is 0. The Labute approximate surface area is 389 Å². The van der Waals surface area contributed by atoms with Gasteiger partial charge in [0.05, 0.1) is 5.41 Å². The van der Waals surface area contributed by atoms with Gasteiger partial charge >= 0.3 is 0 Å². The van der Waals surface area contributed by atoms with Crippen LogP contribution >= 0.6 is 0 Å². The largest absolute Gasteiger partial charge is 0.0725 e. The van der Waals surface area contributed by atoms with E-state index in [-0.39, 0.29) is 5.41 Å². The highest BCUT2D eigenvalue weighted by Gasteiger charge is 2.51. The van der Waals surface area contributed by atoms with Gasteiger partial charge in [0.25, 0.3) is 0 Å². The topological polar surface area (TPSA) is 0 Å². The molecule has 0 saturated heterocycles. The lowest BCUT2D eigenvalue weighted by Gasteiger charge is -2.33. The van der Waals surface area contributed by atoms with E-state index in [1.807, 2.05) is 50.2 Å². The molecule has 11 rings (SSSR count). The van der Waals surface area contributed by atoms with Crippen molar-refractivity contribution in [2.24, 2.45) is 0 Å². The van der Waals surface area contributed by atoms with E-state index in [9.17, 15) is 0 Å². The second-order valence-corrected chi connectivity index (χ2v) is 16.9. The normalized spacial score (nSPS) is 13.4. The van der Waals surface area contributed by atoms with Crippen molar-refractivity contribution in [3.05, 3.63) is 286 Å². The fourth-order valence-electron chi connectivity index (χ4n) is 9.08. The lowest BCUT2D eigenvalue weighted by atomic mass is 9.68. The van der Waals surface area contributed by atoms with Crippen molar-refractivity contribution >= 4 is 11.6 Å². The molecule has 0 aromatic heterocycles. The molecule has 0 nitrogen and oxygen atoms in total. The number of hydrogen-bond acceptors (Lipinski definition) is 0. The predicted molar refractivity (Wildman–Crippen MR) is 282 cm³/mol. The van der Waals surface area contributed by atoms with Crippen molar-refractivity contribution < 1.29 is 0 Å². The molecule has 65 heavy (non-hydrogen) atoms. The molecule has 0 amide bonds. The van der Waals surface area contributed by atoms with Crippen LogP contribution in [0.3, 0.4) is 0 Å². The first-order valence-corrected chi connectivity index (χ1v) is 23.1. The highest BCUT2D eigenvalue weighted by atomic mass is 14.5. The predicted octanol–water partition coefficient (Wildman–Crippen LogP) is 17.8.